The summed E-state index contributed by atoms with van der Waals surface area (Å²) in [6.45, 7) is 3.14. The molecule has 1 unspecified atom stereocenters. The van der Waals surface area contributed by atoms with Crippen molar-refractivity contribution in [3.05, 3.63) is 50.7 Å². The van der Waals surface area contributed by atoms with Crippen molar-refractivity contribution in [1.82, 2.24) is 15.1 Å². The zero-order valence-electron chi connectivity index (χ0n) is 11.0. The van der Waals surface area contributed by atoms with Gasteiger partial charge < -0.3 is 5.32 Å². The molecule has 0 amide bonds. The normalized spacial score (nSPS) is 12.6. The van der Waals surface area contributed by atoms with E-state index in [9.17, 15) is 0 Å². The number of hydrogen-bond donors (Lipinski definition) is 1. The van der Waals surface area contributed by atoms with Gasteiger partial charge in [-0.3, -0.25) is 4.68 Å². The van der Waals surface area contributed by atoms with E-state index in [0.29, 0.717) is 0 Å². The maximum Gasteiger partial charge on any atom is 0.0759 e. The summed E-state index contributed by atoms with van der Waals surface area (Å²) in [5, 5.41) is 7.85. The SMILES string of the molecule is CCCNC(c1ccc(Br)cc1Br)c1ccnn1C. The number of halogens is 2. The van der Waals surface area contributed by atoms with Gasteiger partial charge in [0, 0.05) is 22.2 Å². The molecule has 0 radical (unpaired) electrons. The third-order valence-electron chi connectivity index (χ3n) is 3.03. The molecule has 0 aliphatic rings. The van der Waals surface area contributed by atoms with Crippen molar-refractivity contribution in [2.24, 2.45) is 7.05 Å². The summed E-state index contributed by atoms with van der Waals surface area (Å²) in [4.78, 5) is 0. The van der Waals surface area contributed by atoms with Gasteiger partial charge in [-0.15, -0.1) is 0 Å². The number of hydrogen-bond acceptors (Lipinski definition) is 2. The third-order valence-corrected chi connectivity index (χ3v) is 4.21. The number of nitrogens with one attached hydrogen (secondary N) is 1. The Hall–Kier alpha value is -0.650. The summed E-state index contributed by atoms with van der Waals surface area (Å²) in [5.74, 6) is 0. The van der Waals surface area contributed by atoms with Crippen LogP contribution in [0, 0.1) is 0 Å². The van der Waals surface area contributed by atoms with Crippen LogP contribution < -0.4 is 5.32 Å². The van der Waals surface area contributed by atoms with E-state index in [-0.39, 0.29) is 6.04 Å². The molecule has 0 aliphatic heterocycles. The number of aryl methyl sites for hydroxylation is 1. The molecule has 1 heterocycles. The van der Waals surface area contributed by atoms with Crippen molar-refractivity contribution in [3.8, 4) is 0 Å². The lowest BCUT2D eigenvalue weighted by Crippen LogP contribution is -2.25. The molecule has 19 heavy (non-hydrogen) atoms. The lowest BCUT2D eigenvalue weighted by Gasteiger charge is -2.20. The molecular weight excluding hydrogens is 370 g/mol. The zero-order valence-corrected chi connectivity index (χ0v) is 14.2. The minimum Gasteiger partial charge on any atom is -0.305 e. The molecule has 0 spiro atoms. The van der Waals surface area contributed by atoms with Crippen molar-refractivity contribution in [2.45, 2.75) is 19.4 Å². The molecule has 2 aromatic rings. The summed E-state index contributed by atoms with van der Waals surface area (Å²) >= 11 is 7.14. The Morgan fingerprint density at radius 3 is 2.68 bits per heavy atom. The highest BCUT2D eigenvalue weighted by Gasteiger charge is 2.19. The van der Waals surface area contributed by atoms with Crippen LogP contribution in [0.25, 0.3) is 0 Å². The van der Waals surface area contributed by atoms with Gasteiger partial charge in [-0.25, -0.2) is 0 Å². The molecule has 1 aromatic heterocycles. The van der Waals surface area contributed by atoms with Crippen LogP contribution in [-0.4, -0.2) is 16.3 Å². The summed E-state index contributed by atoms with van der Waals surface area (Å²) in [7, 11) is 1.97. The molecule has 1 atom stereocenters. The van der Waals surface area contributed by atoms with Crippen molar-refractivity contribution in [2.75, 3.05) is 6.54 Å². The standard InChI is InChI=1S/C14H17Br2N3/c1-3-7-17-14(13-6-8-18-19(13)2)11-5-4-10(15)9-12(11)16/h4-6,8-9,14,17H,3,7H2,1-2H3. The first-order valence-corrected chi connectivity index (χ1v) is 7.88. The Bertz CT molecular complexity index is 551. The first-order valence-electron chi connectivity index (χ1n) is 6.29. The van der Waals surface area contributed by atoms with Crippen molar-refractivity contribution in [1.29, 1.82) is 0 Å². The minimum atomic E-state index is 0.148. The maximum absolute atomic E-state index is 4.27. The quantitative estimate of drug-likeness (QED) is 0.840. The lowest BCUT2D eigenvalue weighted by molar-refractivity contribution is 0.552. The second kappa shape index (κ2) is 6.68. The second-order valence-electron chi connectivity index (χ2n) is 4.43. The van der Waals surface area contributed by atoms with Gasteiger partial charge in [0.2, 0.25) is 0 Å². The highest BCUT2D eigenvalue weighted by atomic mass is 79.9. The van der Waals surface area contributed by atoms with Crippen molar-refractivity contribution in [3.63, 3.8) is 0 Å². The van der Waals surface area contributed by atoms with Gasteiger partial charge in [0.1, 0.15) is 0 Å². The molecule has 0 saturated heterocycles. The van der Waals surface area contributed by atoms with Crippen LogP contribution in [0.3, 0.4) is 0 Å². The molecule has 1 N–H and O–H groups in total. The third kappa shape index (κ3) is 3.46. The van der Waals surface area contributed by atoms with Crippen molar-refractivity contribution >= 4 is 31.9 Å². The van der Waals surface area contributed by atoms with E-state index in [0.717, 1.165) is 27.6 Å². The summed E-state index contributed by atoms with van der Waals surface area (Å²) in [6.07, 6.45) is 2.94. The van der Waals surface area contributed by atoms with Crippen LogP contribution in [0.2, 0.25) is 0 Å². The number of rotatable bonds is 5. The van der Waals surface area contributed by atoms with Gasteiger partial charge in [0.15, 0.2) is 0 Å². The molecule has 2 rings (SSSR count). The Balaban J connectivity index is 2.40. The number of aromatic nitrogens is 2. The Kier molecular flexibility index (Phi) is 5.19. The number of benzene rings is 1. The zero-order chi connectivity index (χ0) is 13.8. The highest BCUT2D eigenvalue weighted by Crippen LogP contribution is 2.30. The van der Waals surface area contributed by atoms with E-state index in [1.54, 1.807) is 0 Å². The van der Waals surface area contributed by atoms with E-state index in [2.05, 4.69) is 73.5 Å². The van der Waals surface area contributed by atoms with Crippen LogP contribution in [0.1, 0.15) is 30.6 Å². The Morgan fingerprint density at radius 2 is 2.11 bits per heavy atom. The van der Waals surface area contributed by atoms with Crippen LogP contribution in [-0.2, 0) is 7.05 Å². The minimum absolute atomic E-state index is 0.148. The monoisotopic (exact) mass is 385 g/mol. The fraction of sp³-hybridized carbons (Fsp3) is 0.357. The lowest BCUT2D eigenvalue weighted by atomic mass is 10.0. The van der Waals surface area contributed by atoms with Crippen LogP contribution in [0.4, 0.5) is 0 Å². The summed E-state index contributed by atoms with van der Waals surface area (Å²) in [5.41, 5.74) is 2.39. The number of nitrogens with zero attached hydrogens (tertiary/aromatic N) is 2. The molecule has 0 aliphatic carbocycles. The van der Waals surface area contributed by atoms with Gasteiger partial charge in [-0.1, -0.05) is 44.8 Å². The van der Waals surface area contributed by atoms with Gasteiger partial charge in [-0.05, 0) is 36.7 Å². The van der Waals surface area contributed by atoms with E-state index < -0.39 is 0 Å². The predicted octanol–water partition coefficient (Wildman–Crippen LogP) is 4.03. The summed E-state index contributed by atoms with van der Waals surface area (Å²) in [6, 6.07) is 8.48. The predicted molar refractivity (Wildman–Crippen MR) is 85.2 cm³/mol. The second-order valence-corrected chi connectivity index (χ2v) is 6.20. The average Bonchev–Trinajstić information content (AvgIpc) is 2.78. The van der Waals surface area contributed by atoms with Gasteiger partial charge >= 0.3 is 0 Å². The van der Waals surface area contributed by atoms with Gasteiger partial charge in [-0.2, -0.15) is 5.10 Å². The van der Waals surface area contributed by atoms with E-state index in [1.807, 2.05) is 17.9 Å². The first-order chi connectivity index (χ1) is 9.13. The fourth-order valence-corrected chi connectivity index (χ4v) is 3.34. The first kappa shape index (κ1) is 14.8. The fourth-order valence-electron chi connectivity index (χ4n) is 2.07. The van der Waals surface area contributed by atoms with E-state index in [4.69, 9.17) is 0 Å². The van der Waals surface area contributed by atoms with Crippen molar-refractivity contribution < 1.29 is 0 Å². The maximum atomic E-state index is 4.27. The molecule has 5 heteroatoms. The molecule has 3 nitrogen and oxygen atoms in total. The average molecular weight is 387 g/mol. The molecule has 0 saturated carbocycles. The highest BCUT2D eigenvalue weighted by molar-refractivity contribution is 9.11. The smallest absolute Gasteiger partial charge is 0.0759 e. The topological polar surface area (TPSA) is 29.9 Å². The molecule has 1 aromatic carbocycles. The Morgan fingerprint density at radius 1 is 1.32 bits per heavy atom. The molecule has 102 valence electrons. The van der Waals surface area contributed by atoms with Crippen LogP contribution >= 0.6 is 31.9 Å². The Labute approximate surface area is 130 Å². The molecule has 0 bridgehead atoms. The van der Waals surface area contributed by atoms with Gasteiger partial charge in [0.25, 0.3) is 0 Å². The van der Waals surface area contributed by atoms with Crippen LogP contribution in [0.5, 0.6) is 0 Å². The van der Waals surface area contributed by atoms with E-state index in [1.165, 1.54) is 5.56 Å². The summed E-state index contributed by atoms with van der Waals surface area (Å²) < 4.78 is 4.08. The van der Waals surface area contributed by atoms with Gasteiger partial charge in [0.05, 0.1) is 11.7 Å². The largest absolute Gasteiger partial charge is 0.305 e. The van der Waals surface area contributed by atoms with Crippen LogP contribution in [0.15, 0.2) is 39.4 Å². The molecular formula is C14H17Br2N3. The molecule has 0 fully saturated rings. The van der Waals surface area contributed by atoms with E-state index >= 15 is 0 Å².